The van der Waals surface area contributed by atoms with E-state index in [1.807, 2.05) is 0 Å². The van der Waals surface area contributed by atoms with Crippen LogP contribution in [0.2, 0.25) is 0 Å². The SMILES string of the molecule is C[C@H](OC(=O)CNC(=O)c1cccc(F)c1)c1nc2ccccc2c(=O)[nH]1. The topological polar surface area (TPSA) is 101 Å². The van der Waals surface area contributed by atoms with Gasteiger partial charge in [0, 0.05) is 5.56 Å². The average Bonchev–Trinajstić information content (AvgIpc) is 2.66. The van der Waals surface area contributed by atoms with Crippen LogP contribution in [0.1, 0.15) is 29.2 Å². The maximum absolute atomic E-state index is 13.1. The molecule has 2 aromatic carbocycles. The lowest BCUT2D eigenvalue weighted by atomic mass is 10.2. The van der Waals surface area contributed by atoms with Crippen LogP contribution < -0.4 is 10.9 Å². The molecular weight excluding hydrogens is 353 g/mol. The maximum atomic E-state index is 13.1. The molecule has 0 unspecified atom stereocenters. The van der Waals surface area contributed by atoms with Gasteiger partial charge in [-0.05, 0) is 37.3 Å². The van der Waals surface area contributed by atoms with Crippen LogP contribution in [0.5, 0.6) is 0 Å². The van der Waals surface area contributed by atoms with Crippen molar-refractivity contribution >= 4 is 22.8 Å². The zero-order valence-electron chi connectivity index (χ0n) is 14.4. The number of amides is 1. The summed E-state index contributed by atoms with van der Waals surface area (Å²) in [6.45, 7) is 1.15. The average molecular weight is 369 g/mol. The molecule has 1 amide bonds. The Morgan fingerprint density at radius 3 is 2.78 bits per heavy atom. The number of hydrogen-bond donors (Lipinski definition) is 2. The van der Waals surface area contributed by atoms with Crippen molar-refractivity contribution in [3.8, 4) is 0 Å². The normalized spacial score (nSPS) is 11.8. The van der Waals surface area contributed by atoms with Gasteiger partial charge in [0.15, 0.2) is 11.9 Å². The first kappa shape index (κ1) is 18.2. The number of H-pyrrole nitrogens is 1. The molecule has 1 atom stereocenters. The highest BCUT2D eigenvalue weighted by atomic mass is 19.1. The van der Waals surface area contributed by atoms with E-state index < -0.39 is 30.3 Å². The minimum atomic E-state index is -0.819. The number of nitrogens with zero attached hydrogens (tertiary/aromatic N) is 1. The molecule has 2 N–H and O–H groups in total. The molecule has 27 heavy (non-hydrogen) atoms. The molecule has 0 bridgehead atoms. The van der Waals surface area contributed by atoms with Crippen LogP contribution in [0.15, 0.2) is 53.3 Å². The highest BCUT2D eigenvalue weighted by Gasteiger charge is 2.16. The number of halogens is 1. The Morgan fingerprint density at radius 1 is 1.22 bits per heavy atom. The maximum Gasteiger partial charge on any atom is 0.326 e. The van der Waals surface area contributed by atoms with Crippen LogP contribution in [-0.4, -0.2) is 28.4 Å². The summed E-state index contributed by atoms with van der Waals surface area (Å²) >= 11 is 0. The Bertz CT molecular complexity index is 1060. The summed E-state index contributed by atoms with van der Waals surface area (Å²) in [6, 6.07) is 11.9. The van der Waals surface area contributed by atoms with E-state index in [9.17, 15) is 18.8 Å². The number of fused-ring (bicyclic) bond motifs is 1. The van der Waals surface area contributed by atoms with Gasteiger partial charge in [0.1, 0.15) is 12.4 Å². The highest BCUT2D eigenvalue weighted by Crippen LogP contribution is 2.14. The van der Waals surface area contributed by atoms with Gasteiger partial charge < -0.3 is 15.0 Å². The number of aromatic amines is 1. The van der Waals surface area contributed by atoms with Gasteiger partial charge in [-0.2, -0.15) is 0 Å². The smallest absolute Gasteiger partial charge is 0.326 e. The van der Waals surface area contributed by atoms with Crippen molar-refractivity contribution in [3.63, 3.8) is 0 Å². The van der Waals surface area contributed by atoms with Gasteiger partial charge in [0.05, 0.1) is 10.9 Å². The molecule has 0 saturated heterocycles. The monoisotopic (exact) mass is 369 g/mol. The number of ether oxygens (including phenoxy) is 1. The zero-order valence-corrected chi connectivity index (χ0v) is 14.4. The quantitative estimate of drug-likeness (QED) is 0.671. The van der Waals surface area contributed by atoms with E-state index in [0.29, 0.717) is 10.9 Å². The van der Waals surface area contributed by atoms with Crippen molar-refractivity contribution in [2.45, 2.75) is 13.0 Å². The number of para-hydroxylation sites is 1. The third-order valence-corrected chi connectivity index (χ3v) is 3.80. The van der Waals surface area contributed by atoms with Gasteiger partial charge in [-0.1, -0.05) is 18.2 Å². The first-order valence-corrected chi connectivity index (χ1v) is 8.16. The van der Waals surface area contributed by atoms with E-state index in [4.69, 9.17) is 4.74 Å². The molecule has 0 aliphatic carbocycles. The Labute approximate surface area is 153 Å². The summed E-state index contributed by atoms with van der Waals surface area (Å²) in [7, 11) is 0. The number of carbonyl (C=O) groups excluding carboxylic acids is 2. The second-order valence-electron chi connectivity index (χ2n) is 5.79. The molecule has 138 valence electrons. The molecule has 0 aliphatic heterocycles. The number of benzene rings is 2. The molecule has 8 heteroatoms. The second-order valence-corrected chi connectivity index (χ2v) is 5.79. The van der Waals surface area contributed by atoms with Crippen molar-refractivity contribution in [3.05, 3.63) is 76.1 Å². The molecule has 0 aliphatic rings. The number of aromatic nitrogens is 2. The van der Waals surface area contributed by atoms with Crippen LogP contribution >= 0.6 is 0 Å². The predicted molar refractivity (Wildman–Crippen MR) is 95.6 cm³/mol. The lowest BCUT2D eigenvalue weighted by Crippen LogP contribution is -2.31. The standard InChI is InChI=1S/C19H16FN3O4/c1-11(17-22-15-8-3-2-7-14(15)19(26)23-17)27-16(24)10-21-18(25)12-5-4-6-13(20)9-12/h2-9,11H,10H2,1H3,(H,21,25)(H,22,23,26)/t11-/m0/s1. The summed E-state index contributed by atoms with van der Waals surface area (Å²) in [5.74, 6) is -1.67. The summed E-state index contributed by atoms with van der Waals surface area (Å²) < 4.78 is 18.3. The molecule has 0 radical (unpaired) electrons. The molecule has 7 nitrogen and oxygen atoms in total. The third-order valence-electron chi connectivity index (χ3n) is 3.80. The minimum Gasteiger partial charge on any atom is -0.453 e. The van der Waals surface area contributed by atoms with Crippen molar-refractivity contribution in [2.24, 2.45) is 0 Å². The first-order chi connectivity index (χ1) is 12.9. The van der Waals surface area contributed by atoms with Gasteiger partial charge in [0.25, 0.3) is 11.5 Å². The van der Waals surface area contributed by atoms with Gasteiger partial charge in [-0.15, -0.1) is 0 Å². The van der Waals surface area contributed by atoms with Crippen LogP contribution in [0, 0.1) is 5.82 Å². The van der Waals surface area contributed by atoms with E-state index >= 15 is 0 Å². The molecule has 0 saturated carbocycles. The molecule has 1 heterocycles. The fourth-order valence-electron chi connectivity index (χ4n) is 2.48. The number of esters is 1. The van der Waals surface area contributed by atoms with E-state index in [2.05, 4.69) is 15.3 Å². The third kappa shape index (κ3) is 4.35. The van der Waals surface area contributed by atoms with Crippen molar-refractivity contribution < 1.29 is 18.7 Å². The fourth-order valence-corrected chi connectivity index (χ4v) is 2.48. The van der Waals surface area contributed by atoms with E-state index in [-0.39, 0.29) is 16.9 Å². The zero-order chi connectivity index (χ0) is 19.4. The van der Waals surface area contributed by atoms with Crippen molar-refractivity contribution in [1.29, 1.82) is 0 Å². The Morgan fingerprint density at radius 2 is 2.00 bits per heavy atom. The molecular formula is C19H16FN3O4. The number of hydrogen-bond acceptors (Lipinski definition) is 5. The van der Waals surface area contributed by atoms with Gasteiger partial charge in [-0.25, -0.2) is 9.37 Å². The summed E-state index contributed by atoms with van der Waals surface area (Å²) in [5, 5.41) is 2.78. The lowest BCUT2D eigenvalue weighted by molar-refractivity contribution is -0.147. The van der Waals surface area contributed by atoms with Crippen LogP contribution in [0.4, 0.5) is 4.39 Å². The summed E-state index contributed by atoms with van der Waals surface area (Å²) in [4.78, 5) is 42.8. The molecule has 0 fully saturated rings. The Balaban J connectivity index is 1.62. The van der Waals surface area contributed by atoms with Crippen molar-refractivity contribution in [1.82, 2.24) is 15.3 Å². The van der Waals surface area contributed by atoms with E-state index in [1.54, 1.807) is 31.2 Å². The largest absolute Gasteiger partial charge is 0.453 e. The summed E-state index contributed by atoms with van der Waals surface area (Å²) in [6.07, 6.45) is -0.819. The molecule has 0 spiro atoms. The Hall–Kier alpha value is -3.55. The second kappa shape index (κ2) is 7.77. The van der Waals surface area contributed by atoms with Crippen LogP contribution in [-0.2, 0) is 9.53 Å². The molecule has 3 aromatic rings. The molecule has 3 rings (SSSR count). The van der Waals surface area contributed by atoms with E-state index in [0.717, 1.165) is 6.07 Å². The van der Waals surface area contributed by atoms with Crippen LogP contribution in [0.25, 0.3) is 10.9 Å². The molecule has 1 aromatic heterocycles. The van der Waals surface area contributed by atoms with Crippen LogP contribution in [0.3, 0.4) is 0 Å². The lowest BCUT2D eigenvalue weighted by Gasteiger charge is -2.13. The van der Waals surface area contributed by atoms with Gasteiger partial charge >= 0.3 is 5.97 Å². The minimum absolute atomic E-state index is 0.0939. The highest BCUT2D eigenvalue weighted by molar-refractivity contribution is 5.95. The van der Waals surface area contributed by atoms with Gasteiger partial charge in [0.2, 0.25) is 0 Å². The van der Waals surface area contributed by atoms with Gasteiger partial charge in [-0.3, -0.25) is 14.4 Å². The predicted octanol–water partition coefficient (Wildman–Crippen LogP) is 2.10. The first-order valence-electron chi connectivity index (χ1n) is 8.16. The number of rotatable bonds is 5. The number of nitrogens with one attached hydrogen (secondary N) is 2. The van der Waals surface area contributed by atoms with E-state index in [1.165, 1.54) is 18.2 Å². The fraction of sp³-hybridized carbons (Fsp3) is 0.158. The Kier molecular flexibility index (Phi) is 5.25. The number of carbonyl (C=O) groups is 2. The van der Waals surface area contributed by atoms with Crippen molar-refractivity contribution in [2.75, 3.05) is 6.54 Å². The summed E-state index contributed by atoms with van der Waals surface area (Å²) in [5.41, 5.74) is 0.243.